The van der Waals surface area contributed by atoms with Crippen LogP contribution in [0.3, 0.4) is 0 Å². The molecule has 0 bridgehead atoms. The Morgan fingerprint density at radius 2 is 1.72 bits per heavy atom. The molecule has 0 amide bonds. The predicted molar refractivity (Wildman–Crippen MR) is 102 cm³/mol. The summed E-state index contributed by atoms with van der Waals surface area (Å²) >= 11 is 7.60. The van der Waals surface area contributed by atoms with Crippen molar-refractivity contribution in [1.29, 1.82) is 0 Å². The van der Waals surface area contributed by atoms with Gasteiger partial charge in [0, 0.05) is 44.3 Å². The van der Waals surface area contributed by atoms with Crippen LogP contribution in [0.15, 0.2) is 52.5 Å². The molecule has 2 aromatic heterocycles. The topological polar surface area (TPSA) is 32.5 Å². The Kier molecular flexibility index (Phi) is 5.17. The summed E-state index contributed by atoms with van der Waals surface area (Å²) in [4.78, 5) is 10.6. The lowest BCUT2D eigenvalue weighted by Gasteiger charge is -2.34. The summed E-state index contributed by atoms with van der Waals surface area (Å²) < 4.78 is 5.61. The molecular weight excluding hydrogens is 354 g/mol. The van der Waals surface area contributed by atoms with Gasteiger partial charge in [0.25, 0.3) is 0 Å². The number of rotatable bonds is 5. The van der Waals surface area contributed by atoms with Gasteiger partial charge in [0.2, 0.25) is 5.89 Å². The molecule has 0 N–H and O–H groups in total. The van der Waals surface area contributed by atoms with E-state index in [9.17, 15) is 0 Å². The summed E-state index contributed by atoms with van der Waals surface area (Å²) in [6, 6.07) is 12.2. The maximum atomic E-state index is 5.95. The van der Waals surface area contributed by atoms with Crippen LogP contribution in [-0.2, 0) is 13.1 Å². The van der Waals surface area contributed by atoms with E-state index in [0.717, 1.165) is 60.8 Å². The van der Waals surface area contributed by atoms with Gasteiger partial charge in [-0.05, 0) is 29.1 Å². The average Bonchev–Trinajstić information content (AvgIpc) is 3.30. The molecule has 6 heteroatoms. The predicted octanol–water partition coefficient (Wildman–Crippen LogP) is 4.37. The van der Waals surface area contributed by atoms with Crippen molar-refractivity contribution in [2.75, 3.05) is 26.2 Å². The number of oxazole rings is 1. The Labute approximate surface area is 156 Å². The van der Waals surface area contributed by atoms with Gasteiger partial charge >= 0.3 is 0 Å². The fourth-order valence-electron chi connectivity index (χ4n) is 3.08. The Morgan fingerprint density at radius 1 is 1.00 bits per heavy atom. The van der Waals surface area contributed by atoms with Crippen LogP contribution in [0, 0.1) is 0 Å². The second-order valence-electron chi connectivity index (χ2n) is 6.30. The van der Waals surface area contributed by atoms with Gasteiger partial charge in [0.05, 0.1) is 10.6 Å². The first-order valence-corrected chi connectivity index (χ1v) is 9.69. The molecule has 1 fully saturated rings. The normalized spacial score (nSPS) is 16.4. The number of nitrogens with zero attached hydrogens (tertiary/aromatic N) is 3. The van der Waals surface area contributed by atoms with Crippen LogP contribution in [0.5, 0.6) is 0 Å². The van der Waals surface area contributed by atoms with E-state index in [-0.39, 0.29) is 0 Å². The minimum Gasteiger partial charge on any atom is -0.444 e. The first-order chi connectivity index (χ1) is 12.3. The van der Waals surface area contributed by atoms with E-state index in [2.05, 4.69) is 26.9 Å². The Balaban J connectivity index is 1.28. The molecule has 0 unspecified atom stereocenters. The van der Waals surface area contributed by atoms with Crippen molar-refractivity contribution in [1.82, 2.24) is 14.8 Å². The molecule has 1 saturated heterocycles. The Bertz CT molecular complexity index is 792. The molecule has 3 heterocycles. The van der Waals surface area contributed by atoms with Gasteiger partial charge in [-0.25, -0.2) is 4.98 Å². The lowest BCUT2D eigenvalue weighted by atomic mass is 10.2. The van der Waals surface area contributed by atoms with Crippen LogP contribution < -0.4 is 0 Å². The molecule has 0 radical (unpaired) electrons. The molecule has 0 aliphatic carbocycles. The van der Waals surface area contributed by atoms with E-state index in [0.29, 0.717) is 0 Å². The van der Waals surface area contributed by atoms with Gasteiger partial charge in [-0.15, -0.1) is 11.3 Å². The maximum absolute atomic E-state index is 5.95. The summed E-state index contributed by atoms with van der Waals surface area (Å²) in [6.07, 6.45) is 1.79. The second kappa shape index (κ2) is 7.70. The number of hydrogen-bond acceptors (Lipinski definition) is 5. The minimum absolute atomic E-state index is 0.728. The number of aromatic nitrogens is 1. The van der Waals surface area contributed by atoms with Gasteiger partial charge in [-0.3, -0.25) is 9.80 Å². The summed E-state index contributed by atoms with van der Waals surface area (Å²) in [6.45, 7) is 6.07. The summed E-state index contributed by atoms with van der Waals surface area (Å²) in [5.74, 6) is 0.728. The van der Waals surface area contributed by atoms with Gasteiger partial charge in [-0.1, -0.05) is 29.8 Å². The highest BCUT2D eigenvalue weighted by atomic mass is 35.5. The lowest BCUT2D eigenvalue weighted by Crippen LogP contribution is -2.45. The Hall–Kier alpha value is -1.66. The zero-order valence-electron chi connectivity index (χ0n) is 13.9. The number of hydrogen-bond donors (Lipinski definition) is 0. The molecule has 0 atom stereocenters. The van der Waals surface area contributed by atoms with E-state index in [1.807, 2.05) is 29.6 Å². The molecule has 4 rings (SSSR count). The van der Waals surface area contributed by atoms with Crippen LogP contribution in [-0.4, -0.2) is 41.0 Å². The van der Waals surface area contributed by atoms with Gasteiger partial charge in [0.1, 0.15) is 6.26 Å². The van der Waals surface area contributed by atoms with E-state index in [1.54, 1.807) is 17.6 Å². The molecule has 4 nitrogen and oxygen atoms in total. The van der Waals surface area contributed by atoms with E-state index < -0.39 is 0 Å². The SMILES string of the molecule is Clc1ccc(CN2CCN(Cc3coc(-c4cccs4)n3)CC2)cc1. The second-order valence-corrected chi connectivity index (χ2v) is 7.68. The number of piperazine rings is 1. The van der Waals surface area contributed by atoms with E-state index >= 15 is 0 Å². The molecule has 1 aliphatic heterocycles. The van der Waals surface area contributed by atoms with Crippen molar-refractivity contribution < 1.29 is 4.42 Å². The summed E-state index contributed by atoms with van der Waals surface area (Å²) in [5.41, 5.74) is 2.32. The third-order valence-electron chi connectivity index (χ3n) is 4.45. The van der Waals surface area contributed by atoms with Crippen LogP contribution in [0.4, 0.5) is 0 Å². The molecule has 25 heavy (non-hydrogen) atoms. The molecule has 3 aromatic rings. The number of halogens is 1. The van der Waals surface area contributed by atoms with E-state index in [4.69, 9.17) is 16.0 Å². The van der Waals surface area contributed by atoms with Gasteiger partial charge < -0.3 is 4.42 Å². The fraction of sp³-hybridized carbons (Fsp3) is 0.316. The summed E-state index contributed by atoms with van der Waals surface area (Å²) in [5, 5.41) is 2.84. The molecule has 1 aromatic carbocycles. The minimum atomic E-state index is 0.728. The number of thiophene rings is 1. The van der Waals surface area contributed by atoms with Crippen molar-refractivity contribution >= 4 is 22.9 Å². The first-order valence-electron chi connectivity index (χ1n) is 8.44. The molecular formula is C19H20ClN3OS. The third kappa shape index (κ3) is 4.30. The van der Waals surface area contributed by atoms with Crippen LogP contribution in [0.25, 0.3) is 10.8 Å². The molecule has 0 saturated carbocycles. The summed E-state index contributed by atoms with van der Waals surface area (Å²) in [7, 11) is 0. The van der Waals surface area contributed by atoms with Crippen molar-refractivity contribution in [3.8, 4) is 10.8 Å². The van der Waals surface area contributed by atoms with Crippen LogP contribution in [0.1, 0.15) is 11.3 Å². The van der Waals surface area contributed by atoms with Crippen molar-refractivity contribution in [3.63, 3.8) is 0 Å². The quantitative estimate of drug-likeness (QED) is 0.664. The molecule has 0 spiro atoms. The number of benzene rings is 1. The smallest absolute Gasteiger partial charge is 0.236 e. The highest BCUT2D eigenvalue weighted by Gasteiger charge is 2.18. The molecule has 130 valence electrons. The van der Waals surface area contributed by atoms with Crippen LogP contribution in [0.2, 0.25) is 5.02 Å². The van der Waals surface area contributed by atoms with Crippen molar-refractivity contribution in [2.45, 2.75) is 13.1 Å². The highest BCUT2D eigenvalue weighted by Crippen LogP contribution is 2.24. The largest absolute Gasteiger partial charge is 0.444 e. The highest BCUT2D eigenvalue weighted by molar-refractivity contribution is 7.13. The lowest BCUT2D eigenvalue weighted by molar-refractivity contribution is 0.121. The standard InChI is InChI=1S/C19H20ClN3OS/c20-16-5-3-15(4-6-16)12-22-7-9-23(10-8-22)13-17-14-24-19(21-17)18-2-1-11-25-18/h1-6,11,14H,7-10,12-13H2. The average molecular weight is 374 g/mol. The van der Waals surface area contributed by atoms with Gasteiger partial charge in [0.15, 0.2) is 0 Å². The van der Waals surface area contributed by atoms with Crippen molar-refractivity contribution in [2.24, 2.45) is 0 Å². The first kappa shape index (κ1) is 16.8. The fourth-order valence-corrected chi connectivity index (χ4v) is 3.86. The van der Waals surface area contributed by atoms with E-state index in [1.165, 1.54) is 5.56 Å². The monoisotopic (exact) mass is 373 g/mol. The Morgan fingerprint density at radius 3 is 2.40 bits per heavy atom. The van der Waals surface area contributed by atoms with Crippen molar-refractivity contribution in [3.05, 3.63) is 64.3 Å². The zero-order valence-corrected chi connectivity index (χ0v) is 15.5. The van der Waals surface area contributed by atoms with Gasteiger partial charge in [-0.2, -0.15) is 0 Å². The third-order valence-corrected chi connectivity index (χ3v) is 5.56. The molecule has 1 aliphatic rings. The van der Waals surface area contributed by atoms with Crippen LogP contribution >= 0.6 is 22.9 Å². The maximum Gasteiger partial charge on any atom is 0.236 e. The zero-order chi connectivity index (χ0) is 17.1.